The number of para-hydroxylation sites is 2. The highest BCUT2D eigenvalue weighted by Gasteiger charge is 2.22. The number of nitrogens with one attached hydrogen (secondary N) is 1. The van der Waals surface area contributed by atoms with E-state index >= 15 is 0 Å². The van der Waals surface area contributed by atoms with E-state index in [4.69, 9.17) is 9.47 Å². The average molecular weight is 412 g/mol. The van der Waals surface area contributed by atoms with Crippen molar-refractivity contribution in [3.05, 3.63) is 60.2 Å². The second-order valence-corrected chi connectivity index (χ2v) is 7.63. The third-order valence-corrected chi connectivity index (χ3v) is 5.29. The molecule has 30 heavy (non-hydrogen) atoms. The van der Waals surface area contributed by atoms with Gasteiger partial charge in [0.1, 0.15) is 5.75 Å². The fourth-order valence-electron chi connectivity index (χ4n) is 3.68. The predicted octanol–water partition coefficient (Wildman–Crippen LogP) is 3.25. The summed E-state index contributed by atoms with van der Waals surface area (Å²) in [7, 11) is 0. The lowest BCUT2D eigenvalue weighted by molar-refractivity contribution is -0.118. The molecule has 2 aromatic carbocycles. The topological polar surface area (TPSA) is 54.0 Å². The van der Waals surface area contributed by atoms with Gasteiger partial charge in [-0.15, -0.1) is 0 Å². The molecule has 1 amide bonds. The first-order chi connectivity index (χ1) is 14.7. The van der Waals surface area contributed by atoms with E-state index in [9.17, 15) is 4.79 Å². The summed E-state index contributed by atoms with van der Waals surface area (Å²) in [6.45, 7) is 10.1. The SMILES string of the molecule is CCOc1ccccc1NC(=O)CN(Cc1ccccc1)C(C)CN1CCOCC1. The lowest BCUT2D eigenvalue weighted by atomic mass is 10.1. The fraction of sp³-hybridized carbons (Fsp3) is 0.458. The number of hydrogen-bond acceptors (Lipinski definition) is 5. The number of rotatable bonds is 10. The summed E-state index contributed by atoms with van der Waals surface area (Å²) in [4.78, 5) is 17.6. The largest absolute Gasteiger partial charge is 0.492 e. The second-order valence-electron chi connectivity index (χ2n) is 7.63. The van der Waals surface area contributed by atoms with Crippen LogP contribution < -0.4 is 10.1 Å². The maximum absolute atomic E-state index is 12.9. The average Bonchev–Trinajstić information content (AvgIpc) is 2.76. The number of morpholine rings is 1. The highest BCUT2D eigenvalue weighted by molar-refractivity contribution is 5.93. The molecule has 0 aromatic heterocycles. The maximum Gasteiger partial charge on any atom is 0.238 e. The zero-order valence-electron chi connectivity index (χ0n) is 18.0. The van der Waals surface area contributed by atoms with Crippen molar-refractivity contribution in [3.8, 4) is 5.75 Å². The lowest BCUT2D eigenvalue weighted by Crippen LogP contribution is -2.47. The van der Waals surface area contributed by atoms with Crippen LogP contribution in [-0.4, -0.2) is 67.7 Å². The molecular weight excluding hydrogens is 378 g/mol. The summed E-state index contributed by atoms with van der Waals surface area (Å²) >= 11 is 0. The number of nitrogens with zero attached hydrogens (tertiary/aromatic N) is 2. The second kappa shape index (κ2) is 11.7. The number of carbonyl (C=O) groups is 1. The molecular formula is C24H33N3O3. The van der Waals surface area contributed by atoms with Crippen LogP contribution in [0.3, 0.4) is 0 Å². The summed E-state index contributed by atoms with van der Waals surface area (Å²) in [6, 6.07) is 18.1. The van der Waals surface area contributed by atoms with Gasteiger partial charge in [-0.3, -0.25) is 14.6 Å². The Kier molecular flexibility index (Phi) is 8.68. The molecule has 6 nitrogen and oxygen atoms in total. The van der Waals surface area contributed by atoms with Crippen LogP contribution in [0.25, 0.3) is 0 Å². The number of amides is 1. The quantitative estimate of drug-likeness (QED) is 0.650. The smallest absolute Gasteiger partial charge is 0.238 e. The highest BCUT2D eigenvalue weighted by Crippen LogP contribution is 2.23. The highest BCUT2D eigenvalue weighted by atomic mass is 16.5. The number of ether oxygens (including phenoxy) is 2. The fourth-order valence-corrected chi connectivity index (χ4v) is 3.68. The van der Waals surface area contributed by atoms with E-state index < -0.39 is 0 Å². The number of hydrogen-bond donors (Lipinski definition) is 1. The van der Waals surface area contributed by atoms with Crippen LogP contribution in [0.4, 0.5) is 5.69 Å². The Morgan fingerprint density at radius 3 is 2.57 bits per heavy atom. The van der Waals surface area contributed by atoms with Gasteiger partial charge in [0.05, 0.1) is 32.1 Å². The van der Waals surface area contributed by atoms with E-state index in [1.54, 1.807) is 0 Å². The lowest BCUT2D eigenvalue weighted by Gasteiger charge is -2.34. The Balaban J connectivity index is 1.67. The first-order valence-corrected chi connectivity index (χ1v) is 10.8. The van der Waals surface area contributed by atoms with Gasteiger partial charge in [0.25, 0.3) is 0 Å². The molecule has 1 unspecified atom stereocenters. The Labute approximate surface area is 179 Å². The monoisotopic (exact) mass is 411 g/mol. The van der Waals surface area contributed by atoms with Gasteiger partial charge < -0.3 is 14.8 Å². The molecule has 162 valence electrons. The molecule has 1 N–H and O–H groups in total. The van der Waals surface area contributed by atoms with E-state index in [2.05, 4.69) is 34.2 Å². The van der Waals surface area contributed by atoms with Crippen molar-refractivity contribution in [3.63, 3.8) is 0 Å². The Morgan fingerprint density at radius 2 is 1.83 bits per heavy atom. The normalized spacial score (nSPS) is 15.7. The minimum atomic E-state index is -0.0353. The molecule has 3 rings (SSSR count). The van der Waals surface area contributed by atoms with Crippen molar-refractivity contribution in [1.29, 1.82) is 0 Å². The van der Waals surface area contributed by atoms with Gasteiger partial charge in [-0.1, -0.05) is 42.5 Å². The van der Waals surface area contributed by atoms with Crippen LogP contribution >= 0.6 is 0 Å². The van der Waals surface area contributed by atoms with Crippen molar-refractivity contribution >= 4 is 11.6 Å². The van der Waals surface area contributed by atoms with Gasteiger partial charge in [0.2, 0.25) is 5.91 Å². The number of carbonyl (C=O) groups excluding carboxylic acids is 1. The first kappa shape index (κ1) is 22.3. The molecule has 0 radical (unpaired) electrons. The van der Waals surface area contributed by atoms with Crippen molar-refractivity contribution in [1.82, 2.24) is 9.80 Å². The van der Waals surface area contributed by atoms with Crippen molar-refractivity contribution in [2.75, 3.05) is 51.3 Å². The van der Waals surface area contributed by atoms with Crippen LogP contribution in [0.1, 0.15) is 19.4 Å². The summed E-state index contributed by atoms with van der Waals surface area (Å²) < 4.78 is 11.1. The molecule has 1 saturated heterocycles. The minimum Gasteiger partial charge on any atom is -0.492 e. The van der Waals surface area contributed by atoms with E-state index in [1.165, 1.54) is 5.56 Å². The minimum absolute atomic E-state index is 0.0353. The third kappa shape index (κ3) is 6.83. The van der Waals surface area contributed by atoms with Gasteiger partial charge in [-0.25, -0.2) is 0 Å². The summed E-state index contributed by atoms with van der Waals surface area (Å²) in [6.07, 6.45) is 0. The molecule has 0 spiro atoms. The van der Waals surface area contributed by atoms with Gasteiger partial charge in [0, 0.05) is 32.2 Å². The van der Waals surface area contributed by atoms with Crippen molar-refractivity contribution < 1.29 is 14.3 Å². The molecule has 2 aromatic rings. The molecule has 0 bridgehead atoms. The number of anilines is 1. The number of benzene rings is 2. The molecule has 1 heterocycles. The standard InChI is InChI=1S/C24H33N3O3/c1-3-30-23-12-8-7-11-22(23)25-24(28)19-27(18-21-9-5-4-6-10-21)20(2)17-26-13-15-29-16-14-26/h4-12,20H,3,13-19H2,1-2H3,(H,25,28). The molecule has 1 fully saturated rings. The molecule has 1 aliphatic rings. The van der Waals surface area contributed by atoms with Gasteiger partial charge in [-0.2, -0.15) is 0 Å². The van der Waals surface area contributed by atoms with Crippen LogP contribution in [0, 0.1) is 0 Å². The van der Waals surface area contributed by atoms with E-state index in [1.807, 2.05) is 49.4 Å². The summed E-state index contributed by atoms with van der Waals surface area (Å²) in [5, 5.41) is 3.03. The van der Waals surface area contributed by atoms with Gasteiger partial charge in [0.15, 0.2) is 0 Å². The van der Waals surface area contributed by atoms with E-state index in [-0.39, 0.29) is 11.9 Å². The Hall–Kier alpha value is -2.41. The van der Waals surface area contributed by atoms with Crippen LogP contribution in [0.15, 0.2) is 54.6 Å². The Morgan fingerprint density at radius 1 is 1.13 bits per heavy atom. The summed E-state index contributed by atoms with van der Waals surface area (Å²) in [5.74, 6) is 0.663. The molecule has 1 aliphatic heterocycles. The zero-order chi connectivity index (χ0) is 21.2. The zero-order valence-corrected chi connectivity index (χ0v) is 18.0. The molecule has 0 saturated carbocycles. The molecule has 1 atom stereocenters. The van der Waals surface area contributed by atoms with Crippen molar-refractivity contribution in [2.45, 2.75) is 26.4 Å². The van der Waals surface area contributed by atoms with Gasteiger partial charge >= 0.3 is 0 Å². The van der Waals surface area contributed by atoms with Crippen LogP contribution in [-0.2, 0) is 16.1 Å². The first-order valence-electron chi connectivity index (χ1n) is 10.8. The van der Waals surface area contributed by atoms with E-state index in [0.717, 1.165) is 39.4 Å². The molecule has 0 aliphatic carbocycles. The molecule has 6 heteroatoms. The van der Waals surface area contributed by atoms with Crippen LogP contribution in [0.5, 0.6) is 5.75 Å². The van der Waals surface area contributed by atoms with E-state index in [0.29, 0.717) is 24.6 Å². The maximum atomic E-state index is 12.9. The summed E-state index contributed by atoms with van der Waals surface area (Å²) in [5.41, 5.74) is 1.92. The van der Waals surface area contributed by atoms with Crippen LogP contribution in [0.2, 0.25) is 0 Å². The predicted molar refractivity (Wildman–Crippen MR) is 120 cm³/mol. The van der Waals surface area contributed by atoms with Crippen molar-refractivity contribution in [2.24, 2.45) is 0 Å². The third-order valence-electron chi connectivity index (χ3n) is 5.29. The van der Waals surface area contributed by atoms with Gasteiger partial charge in [-0.05, 0) is 31.5 Å². The Bertz CT molecular complexity index is 778.